The van der Waals surface area contributed by atoms with Crippen molar-refractivity contribution >= 4 is 55.7 Å². The maximum Gasteiger partial charge on any atom is 0.0540 e. The standard InChI is InChI=1S/C60H38N4/c1-2-14-44-43(13-1)47-17-5-9-21-55(47)63(56-22-10-6-18-48(44)56)41-25-27-51-53(37-41)54-38-42(26-28-52(54)60(40-31-35-62-36-32-40)59(51)39-29-33-61-34-30-39)64-57-23-11-7-19-49(57)45-15-3-4-16-46(45)50-20-8-12-24-58(50)64/h1-38H. The summed E-state index contributed by atoms with van der Waals surface area (Å²) in [6.07, 6.45) is 7.59. The van der Waals surface area contributed by atoms with E-state index in [1.54, 1.807) is 0 Å². The van der Waals surface area contributed by atoms with Crippen molar-refractivity contribution in [2.24, 2.45) is 0 Å². The minimum absolute atomic E-state index is 1.09. The molecule has 9 aromatic carbocycles. The normalized spacial score (nSPS) is 12.3. The molecular formula is C60H38N4. The van der Waals surface area contributed by atoms with E-state index in [9.17, 15) is 0 Å². The van der Waals surface area contributed by atoms with Crippen molar-refractivity contribution in [1.29, 1.82) is 0 Å². The molecule has 0 atom stereocenters. The summed E-state index contributed by atoms with van der Waals surface area (Å²) >= 11 is 0. The van der Waals surface area contributed by atoms with Crippen LogP contribution in [0.25, 0.3) is 88.3 Å². The summed E-state index contributed by atoms with van der Waals surface area (Å²) in [5, 5.41) is 4.65. The number of hydrogen-bond acceptors (Lipinski definition) is 4. The van der Waals surface area contributed by atoms with Crippen LogP contribution in [0.4, 0.5) is 34.1 Å². The van der Waals surface area contributed by atoms with Gasteiger partial charge in [0.1, 0.15) is 0 Å². The van der Waals surface area contributed by atoms with Gasteiger partial charge in [0.25, 0.3) is 0 Å². The van der Waals surface area contributed by atoms with Crippen LogP contribution in [0.15, 0.2) is 231 Å². The molecule has 0 saturated carbocycles. The molecule has 64 heavy (non-hydrogen) atoms. The molecule has 0 spiro atoms. The molecule has 2 aliphatic rings. The average Bonchev–Trinajstić information content (AvgIpc) is 3.58. The average molecular weight is 815 g/mol. The van der Waals surface area contributed by atoms with Crippen molar-refractivity contribution in [3.63, 3.8) is 0 Å². The molecule has 298 valence electrons. The van der Waals surface area contributed by atoms with Gasteiger partial charge in [-0.25, -0.2) is 0 Å². The van der Waals surface area contributed by atoms with Gasteiger partial charge in [-0.1, -0.05) is 133 Å². The van der Waals surface area contributed by atoms with Gasteiger partial charge in [-0.15, -0.1) is 0 Å². The third-order valence-corrected chi connectivity index (χ3v) is 13.1. The molecule has 0 amide bonds. The number of aromatic nitrogens is 2. The number of pyridine rings is 2. The largest absolute Gasteiger partial charge is 0.309 e. The number of fused-ring (bicyclic) bond motifs is 13. The SMILES string of the molecule is c1ccc2c(c1)-c1ccccc1N(c1ccc3c(-c4ccncc4)c(-c4ccncc4)c4ccc(N5c6ccccc6-c6ccccc6-c6ccccc65)cc4c3c1)c1ccccc1-2. The number of hydrogen-bond donors (Lipinski definition) is 0. The minimum atomic E-state index is 1.09. The van der Waals surface area contributed by atoms with E-state index in [1.165, 1.54) is 55.6 Å². The Labute approximate surface area is 371 Å². The first kappa shape index (κ1) is 36.1. The van der Waals surface area contributed by atoms with Crippen molar-refractivity contribution in [3.05, 3.63) is 231 Å². The van der Waals surface area contributed by atoms with Crippen LogP contribution in [-0.4, -0.2) is 9.97 Å². The van der Waals surface area contributed by atoms with E-state index >= 15 is 0 Å². The molecule has 0 bridgehead atoms. The van der Waals surface area contributed by atoms with Crippen LogP contribution in [0.3, 0.4) is 0 Å². The molecule has 13 rings (SSSR count). The van der Waals surface area contributed by atoms with Gasteiger partial charge in [0, 0.05) is 58.4 Å². The van der Waals surface area contributed by atoms with Gasteiger partial charge in [-0.3, -0.25) is 9.97 Å². The van der Waals surface area contributed by atoms with E-state index in [-0.39, 0.29) is 0 Å². The van der Waals surface area contributed by atoms with Crippen molar-refractivity contribution < 1.29 is 0 Å². The first-order valence-electron chi connectivity index (χ1n) is 21.8. The number of anilines is 6. The molecule has 0 aliphatic carbocycles. The zero-order chi connectivity index (χ0) is 42.1. The molecule has 4 heteroatoms. The van der Waals surface area contributed by atoms with Crippen LogP contribution in [0, 0.1) is 0 Å². The Hall–Kier alpha value is -8.60. The highest BCUT2D eigenvalue weighted by Crippen LogP contribution is 2.54. The summed E-state index contributed by atoms with van der Waals surface area (Å²) in [5.74, 6) is 0. The molecule has 0 saturated heterocycles. The van der Waals surface area contributed by atoms with Crippen molar-refractivity contribution in [2.75, 3.05) is 9.80 Å². The van der Waals surface area contributed by atoms with Gasteiger partial charge in [-0.05, 0) is 139 Å². The Kier molecular flexibility index (Phi) is 8.18. The predicted molar refractivity (Wildman–Crippen MR) is 266 cm³/mol. The minimum Gasteiger partial charge on any atom is -0.309 e. The van der Waals surface area contributed by atoms with Gasteiger partial charge in [0.05, 0.1) is 22.7 Å². The fraction of sp³-hybridized carbons (Fsp3) is 0. The lowest BCUT2D eigenvalue weighted by atomic mass is 9.85. The lowest BCUT2D eigenvalue weighted by molar-refractivity contribution is 1.30. The van der Waals surface area contributed by atoms with Crippen LogP contribution in [0.5, 0.6) is 0 Å². The highest BCUT2D eigenvalue weighted by Gasteiger charge is 2.29. The predicted octanol–water partition coefficient (Wildman–Crippen LogP) is 16.4. The van der Waals surface area contributed by atoms with Gasteiger partial charge in [0.2, 0.25) is 0 Å². The number of benzene rings is 9. The van der Waals surface area contributed by atoms with Crippen molar-refractivity contribution in [1.82, 2.24) is 9.97 Å². The molecule has 11 aromatic rings. The Bertz CT molecular complexity index is 3260. The van der Waals surface area contributed by atoms with Gasteiger partial charge in [0.15, 0.2) is 0 Å². The lowest BCUT2D eigenvalue weighted by Gasteiger charge is -2.29. The Balaban J connectivity index is 1.14. The van der Waals surface area contributed by atoms with Gasteiger partial charge < -0.3 is 9.80 Å². The molecule has 0 radical (unpaired) electrons. The Morgan fingerprint density at radius 1 is 0.250 bits per heavy atom. The maximum atomic E-state index is 4.46. The fourth-order valence-corrected chi connectivity index (χ4v) is 10.4. The fourth-order valence-electron chi connectivity index (χ4n) is 10.4. The van der Waals surface area contributed by atoms with E-state index in [2.05, 4.69) is 226 Å². The summed E-state index contributed by atoms with van der Waals surface area (Å²) in [5.41, 5.74) is 21.0. The highest BCUT2D eigenvalue weighted by molar-refractivity contribution is 6.23. The molecule has 0 unspecified atom stereocenters. The molecular weight excluding hydrogens is 777 g/mol. The zero-order valence-corrected chi connectivity index (χ0v) is 34.7. The highest BCUT2D eigenvalue weighted by atomic mass is 15.2. The first-order chi connectivity index (χ1) is 31.8. The number of para-hydroxylation sites is 4. The molecule has 2 aromatic heterocycles. The summed E-state index contributed by atoms with van der Waals surface area (Å²) in [6, 6.07) is 75.6. The molecule has 4 nitrogen and oxygen atoms in total. The second kappa shape index (κ2) is 14.5. The van der Waals surface area contributed by atoms with Crippen molar-refractivity contribution in [2.45, 2.75) is 0 Å². The monoisotopic (exact) mass is 814 g/mol. The second-order valence-corrected chi connectivity index (χ2v) is 16.5. The first-order valence-corrected chi connectivity index (χ1v) is 21.8. The summed E-state index contributed by atoms with van der Waals surface area (Å²) in [4.78, 5) is 13.8. The van der Waals surface area contributed by atoms with Crippen LogP contribution in [0.1, 0.15) is 0 Å². The molecule has 0 fully saturated rings. The summed E-state index contributed by atoms with van der Waals surface area (Å²) in [7, 11) is 0. The lowest BCUT2D eigenvalue weighted by Crippen LogP contribution is -2.11. The summed E-state index contributed by atoms with van der Waals surface area (Å²) in [6.45, 7) is 0. The number of rotatable bonds is 4. The van der Waals surface area contributed by atoms with E-state index in [0.717, 1.165) is 66.8 Å². The van der Waals surface area contributed by atoms with Crippen LogP contribution < -0.4 is 9.80 Å². The van der Waals surface area contributed by atoms with E-state index in [4.69, 9.17) is 0 Å². The second-order valence-electron chi connectivity index (χ2n) is 16.5. The maximum absolute atomic E-state index is 4.46. The van der Waals surface area contributed by atoms with E-state index < -0.39 is 0 Å². The summed E-state index contributed by atoms with van der Waals surface area (Å²) < 4.78 is 0. The van der Waals surface area contributed by atoms with Crippen LogP contribution >= 0.6 is 0 Å². The van der Waals surface area contributed by atoms with Crippen molar-refractivity contribution in [3.8, 4) is 66.8 Å². The van der Waals surface area contributed by atoms with E-state index in [1.807, 2.05) is 24.8 Å². The molecule has 2 aliphatic heterocycles. The van der Waals surface area contributed by atoms with E-state index in [0.29, 0.717) is 0 Å². The molecule has 4 heterocycles. The third-order valence-electron chi connectivity index (χ3n) is 13.1. The Morgan fingerprint density at radius 3 is 0.844 bits per heavy atom. The van der Waals surface area contributed by atoms with Crippen LogP contribution in [0.2, 0.25) is 0 Å². The molecule has 0 N–H and O–H groups in total. The van der Waals surface area contributed by atoms with Gasteiger partial charge >= 0.3 is 0 Å². The third kappa shape index (κ3) is 5.49. The zero-order valence-electron chi connectivity index (χ0n) is 34.7. The topological polar surface area (TPSA) is 32.3 Å². The van der Waals surface area contributed by atoms with Crippen LogP contribution in [-0.2, 0) is 0 Å². The smallest absolute Gasteiger partial charge is 0.0540 e. The quantitative estimate of drug-likeness (QED) is 0.166. The van der Waals surface area contributed by atoms with Gasteiger partial charge in [-0.2, -0.15) is 0 Å². The number of nitrogens with zero attached hydrogens (tertiary/aromatic N) is 4. The Morgan fingerprint density at radius 2 is 0.531 bits per heavy atom.